The molecule has 0 spiro atoms. The fourth-order valence-electron chi connectivity index (χ4n) is 2.75. The van der Waals surface area contributed by atoms with Gasteiger partial charge in [0.1, 0.15) is 6.10 Å². The maximum atomic E-state index is 11.9. The number of hydrogen-bond donors (Lipinski definition) is 1. The van der Waals surface area contributed by atoms with Crippen molar-refractivity contribution in [2.45, 2.75) is 38.5 Å². The van der Waals surface area contributed by atoms with Gasteiger partial charge in [0.15, 0.2) is 0 Å². The van der Waals surface area contributed by atoms with Crippen LogP contribution in [0.1, 0.15) is 30.6 Å². The van der Waals surface area contributed by atoms with Crippen LogP contribution in [0.3, 0.4) is 0 Å². The molecule has 1 aliphatic heterocycles. The van der Waals surface area contributed by atoms with E-state index in [1.54, 1.807) is 12.1 Å². The summed E-state index contributed by atoms with van der Waals surface area (Å²) in [6.07, 6.45) is 0.799. The van der Waals surface area contributed by atoms with Crippen LogP contribution in [-0.4, -0.2) is 50.6 Å². The highest BCUT2D eigenvalue weighted by molar-refractivity contribution is 5.89. The smallest absolute Gasteiger partial charge is 0.338 e. The molecule has 1 aromatic rings. The molecule has 3 atom stereocenters. The molecule has 1 fully saturated rings. The first kappa shape index (κ1) is 16.9. The number of hydrogen-bond acceptors (Lipinski definition) is 5. The molecule has 1 N–H and O–H groups in total. The summed E-state index contributed by atoms with van der Waals surface area (Å²) in [7, 11) is 0. The lowest BCUT2D eigenvalue weighted by Gasteiger charge is -2.23. The van der Waals surface area contributed by atoms with E-state index in [9.17, 15) is 4.79 Å². The Bertz CT molecular complexity index is 451. The molecule has 1 aromatic carbocycles. The molecule has 1 saturated heterocycles. The van der Waals surface area contributed by atoms with Gasteiger partial charge in [0, 0.05) is 25.8 Å². The van der Waals surface area contributed by atoms with Crippen molar-refractivity contribution in [2.24, 2.45) is 0 Å². The third-order valence-electron chi connectivity index (χ3n) is 3.76. The summed E-state index contributed by atoms with van der Waals surface area (Å²) < 4.78 is 16.8. The van der Waals surface area contributed by atoms with Gasteiger partial charge in [-0.1, -0.05) is 18.2 Å². The fraction of sp³-hybridized carbons (Fsp3) is 0.588. The van der Waals surface area contributed by atoms with E-state index in [4.69, 9.17) is 14.2 Å². The Balaban J connectivity index is 1.79. The van der Waals surface area contributed by atoms with Crippen molar-refractivity contribution < 1.29 is 19.0 Å². The third-order valence-corrected chi connectivity index (χ3v) is 3.76. The van der Waals surface area contributed by atoms with Crippen molar-refractivity contribution in [1.29, 1.82) is 0 Å². The zero-order chi connectivity index (χ0) is 15.8. The SMILES string of the molecule is CCO[C@H]1[C@H](CCOC(=O)c2ccccc2)NC[C@H]1OCC. The molecule has 0 aliphatic carbocycles. The molecule has 0 saturated carbocycles. The van der Waals surface area contributed by atoms with E-state index in [1.807, 2.05) is 32.0 Å². The van der Waals surface area contributed by atoms with E-state index < -0.39 is 0 Å². The Morgan fingerprint density at radius 1 is 1.18 bits per heavy atom. The van der Waals surface area contributed by atoms with Crippen molar-refractivity contribution in [1.82, 2.24) is 5.32 Å². The second-order valence-electron chi connectivity index (χ2n) is 5.22. The predicted octanol–water partition coefficient (Wildman–Crippen LogP) is 2.02. The van der Waals surface area contributed by atoms with Crippen LogP contribution in [0, 0.1) is 0 Å². The number of esters is 1. The molecule has 0 bridgehead atoms. The van der Waals surface area contributed by atoms with Crippen molar-refractivity contribution in [3.63, 3.8) is 0 Å². The van der Waals surface area contributed by atoms with E-state index in [2.05, 4.69) is 5.32 Å². The molecular formula is C17H25NO4. The minimum absolute atomic E-state index is 0.0142. The summed E-state index contributed by atoms with van der Waals surface area (Å²) in [6.45, 7) is 6.43. The summed E-state index contributed by atoms with van der Waals surface area (Å²) in [5.74, 6) is -0.284. The van der Waals surface area contributed by atoms with Gasteiger partial charge in [-0.2, -0.15) is 0 Å². The van der Waals surface area contributed by atoms with Crippen LogP contribution >= 0.6 is 0 Å². The van der Waals surface area contributed by atoms with Gasteiger partial charge in [0.2, 0.25) is 0 Å². The molecule has 1 aliphatic rings. The molecule has 0 radical (unpaired) electrons. The van der Waals surface area contributed by atoms with Crippen LogP contribution in [0.25, 0.3) is 0 Å². The first-order valence-electron chi connectivity index (χ1n) is 7.95. The number of rotatable bonds is 8. The zero-order valence-corrected chi connectivity index (χ0v) is 13.3. The first-order chi connectivity index (χ1) is 10.8. The normalized spacial score (nSPS) is 24.4. The standard InChI is InChI=1S/C17H25NO4/c1-3-20-15-12-18-14(16(15)21-4-2)10-11-22-17(19)13-8-6-5-7-9-13/h5-9,14-16,18H,3-4,10-12H2,1-2H3/t14-,15+,16-/m0/s1. The van der Waals surface area contributed by atoms with Crippen LogP contribution < -0.4 is 5.32 Å². The lowest BCUT2D eigenvalue weighted by atomic mass is 10.1. The molecule has 122 valence electrons. The average molecular weight is 307 g/mol. The fourth-order valence-corrected chi connectivity index (χ4v) is 2.75. The molecule has 22 heavy (non-hydrogen) atoms. The van der Waals surface area contributed by atoms with Gasteiger partial charge in [-0.25, -0.2) is 4.79 Å². The van der Waals surface area contributed by atoms with Crippen molar-refractivity contribution in [3.8, 4) is 0 Å². The van der Waals surface area contributed by atoms with Crippen LogP contribution in [0.2, 0.25) is 0 Å². The zero-order valence-electron chi connectivity index (χ0n) is 13.3. The third kappa shape index (κ3) is 4.53. The number of nitrogens with one attached hydrogen (secondary N) is 1. The Hall–Kier alpha value is -1.43. The van der Waals surface area contributed by atoms with Gasteiger partial charge in [-0.05, 0) is 32.4 Å². The van der Waals surface area contributed by atoms with Crippen LogP contribution in [0.5, 0.6) is 0 Å². The highest BCUT2D eigenvalue weighted by atomic mass is 16.5. The quantitative estimate of drug-likeness (QED) is 0.745. The van der Waals surface area contributed by atoms with Gasteiger partial charge in [0.25, 0.3) is 0 Å². The molecule has 2 rings (SSSR count). The average Bonchev–Trinajstić information content (AvgIpc) is 2.91. The molecule has 5 heteroatoms. The Morgan fingerprint density at radius 3 is 2.59 bits per heavy atom. The number of ether oxygens (including phenoxy) is 3. The van der Waals surface area contributed by atoms with E-state index >= 15 is 0 Å². The highest BCUT2D eigenvalue weighted by Crippen LogP contribution is 2.18. The van der Waals surface area contributed by atoms with Gasteiger partial charge in [-0.3, -0.25) is 0 Å². The number of benzene rings is 1. The largest absolute Gasteiger partial charge is 0.462 e. The summed E-state index contributed by atoms with van der Waals surface area (Å²) in [5.41, 5.74) is 0.579. The van der Waals surface area contributed by atoms with Gasteiger partial charge < -0.3 is 19.5 Å². The van der Waals surface area contributed by atoms with Crippen molar-refractivity contribution in [3.05, 3.63) is 35.9 Å². The summed E-state index contributed by atoms with van der Waals surface area (Å²) >= 11 is 0. The second kappa shape index (κ2) is 8.88. The summed E-state index contributed by atoms with van der Waals surface area (Å²) in [4.78, 5) is 11.9. The summed E-state index contributed by atoms with van der Waals surface area (Å²) in [6, 6.07) is 9.19. The molecule has 0 amide bonds. The van der Waals surface area contributed by atoms with E-state index in [0.29, 0.717) is 31.8 Å². The molecule has 0 aromatic heterocycles. The lowest BCUT2D eigenvalue weighted by Crippen LogP contribution is -2.37. The number of carbonyl (C=O) groups is 1. The molecular weight excluding hydrogens is 282 g/mol. The van der Waals surface area contributed by atoms with E-state index in [0.717, 1.165) is 6.54 Å². The topological polar surface area (TPSA) is 56.8 Å². The molecule has 5 nitrogen and oxygen atoms in total. The second-order valence-corrected chi connectivity index (χ2v) is 5.22. The minimum atomic E-state index is -0.284. The summed E-state index contributed by atoms with van der Waals surface area (Å²) in [5, 5.41) is 3.40. The minimum Gasteiger partial charge on any atom is -0.462 e. The van der Waals surface area contributed by atoms with Crippen molar-refractivity contribution >= 4 is 5.97 Å². The van der Waals surface area contributed by atoms with Gasteiger partial charge >= 0.3 is 5.97 Å². The van der Waals surface area contributed by atoms with Crippen LogP contribution in [0.15, 0.2) is 30.3 Å². The monoisotopic (exact) mass is 307 g/mol. The Morgan fingerprint density at radius 2 is 1.91 bits per heavy atom. The van der Waals surface area contributed by atoms with E-state index in [-0.39, 0.29) is 24.2 Å². The maximum Gasteiger partial charge on any atom is 0.338 e. The van der Waals surface area contributed by atoms with Gasteiger partial charge in [0.05, 0.1) is 18.3 Å². The number of carbonyl (C=O) groups excluding carboxylic acids is 1. The maximum absolute atomic E-state index is 11.9. The van der Waals surface area contributed by atoms with Crippen LogP contribution in [-0.2, 0) is 14.2 Å². The van der Waals surface area contributed by atoms with Gasteiger partial charge in [-0.15, -0.1) is 0 Å². The molecule has 1 heterocycles. The van der Waals surface area contributed by atoms with Crippen LogP contribution in [0.4, 0.5) is 0 Å². The molecule has 0 unspecified atom stereocenters. The Kier molecular flexibility index (Phi) is 6.83. The predicted molar refractivity (Wildman–Crippen MR) is 84.0 cm³/mol. The van der Waals surface area contributed by atoms with E-state index in [1.165, 1.54) is 0 Å². The lowest BCUT2D eigenvalue weighted by molar-refractivity contribution is -0.0527. The Labute approximate surface area is 131 Å². The highest BCUT2D eigenvalue weighted by Gasteiger charge is 2.36. The first-order valence-corrected chi connectivity index (χ1v) is 7.95. The van der Waals surface area contributed by atoms with Crippen molar-refractivity contribution in [2.75, 3.05) is 26.4 Å².